The molecule has 2 saturated heterocycles. The number of urea groups is 1. The van der Waals surface area contributed by atoms with E-state index in [4.69, 9.17) is 0 Å². The van der Waals surface area contributed by atoms with E-state index in [0.717, 1.165) is 19.4 Å². The van der Waals surface area contributed by atoms with E-state index in [1.165, 1.54) is 10.5 Å². The Bertz CT molecular complexity index is 595. The Morgan fingerprint density at radius 2 is 2.14 bits per heavy atom. The quantitative estimate of drug-likeness (QED) is 0.839. The summed E-state index contributed by atoms with van der Waals surface area (Å²) in [6.45, 7) is 5.61. The van der Waals surface area contributed by atoms with Crippen molar-refractivity contribution in [2.75, 3.05) is 19.6 Å². The molecule has 0 saturated carbocycles. The zero-order valence-electron chi connectivity index (χ0n) is 13.4. The smallest absolute Gasteiger partial charge is 0.324 e. The van der Waals surface area contributed by atoms with Crippen LogP contribution in [0.3, 0.4) is 0 Å². The Labute approximate surface area is 130 Å². The minimum absolute atomic E-state index is 0.144. The summed E-state index contributed by atoms with van der Waals surface area (Å²) >= 11 is 0. The highest BCUT2D eigenvalue weighted by atomic mass is 16.2. The van der Waals surface area contributed by atoms with Gasteiger partial charge in [0.15, 0.2) is 0 Å². The molecule has 0 aromatic carbocycles. The van der Waals surface area contributed by atoms with Gasteiger partial charge in [-0.2, -0.15) is 5.10 Å². The monoisotopic (exact) mass is 305 g/mol. The minimum Gasteiger partial charge on any atom is -0.324 e. The van der Waals surface area contributed by atoms with Crippen molar-refractivity contribution in [3.63, 3.8) is 0 Å². The lowest BCUT2D eigenvalue weighted by atomic mass is 10.1. The van der Waals surface area contributed by atoms with Crippen LogP contribution in [-0.4, -0.2) is 56.7 Å². The van der Waals surface area contributed by atoms with Gasteiger partial charge in [-0.25, -0.2) is 4.79 Å². The molecule has 1 N–H and O–H groups in total. The van der Waals surface area contributed by atoms with Gasteiger partial charge in [0.05, 0.1) is 6.20 Å². The van der Waals surface area contributed by atoms with Crippen molar-refractivity contribution >= 4 is 11.9 Å². The van der Waals surface area contributed by atoms with Crippen molar-refractivity contribution in [2.24, 2.45) is 7.05 Å². The molecule has 120 valence electrons. The molecule has 2 aliphatic rings. The van der Waals surface area contributed by atoms with Gasteiger partial charge >= 0.3 is 6.03 Å². The van der Waals surface area contributed by atoms with Crippen molar-refractivity contribution in [1.82, 2.24) is 24.9 Å². The number of hydrogen-bond acceptors (Lipinski definition) is 4. The van der Waals surface area contributed by atoms with Gasteiger partial charge in [-0.05, 0) is 33.2 Å². The Balaban J connectivity index is 1.64. The maximum atomic E-state index is 12.2. The number of rotatable bonds is 4. The third-order valence-electron chi connectivity index (χ3n) is 4.53. The van der Waals surface area contributed by atoms with Crippen LogP contribution < -0.4 is 5.32 Å². The number of imide groups is 1. The van der Waals surface area contributed by atoms with E-state index in [1.807, 2.05) is 24.1 Å². The molecule has 2 fully saturated rings. The number of nitrogens with zero attached hydrogens (tertiary/aromatic N) is 4. The van der Waals surface area contributed by atoms with Gasteiger partial charge in [-0.3, -0.25) is 19.3 Å². The Morgan fingerprint density at radius 1 is 1.36 bits per heavy atom. The van der Waals surface area contributed by atoms with Crippen molar-refractivity contribution < 1.29 is 9.59 Å². The zero-order valence-corrected chi connectivity index (χ0v) is 13.4. The van der Waals surface area contributed by atoms with Gasteiger partial charge in [0, 0.05) is 37.9 Å². The van der Waals surface area contributed by atoms with Gasteiger partial charge in [0.1, 0.15) is 5.54 Å². The third kappa shape index (κ3) is 2.61. The molecule has 0 unspecified atom stereocenters. The Hall–Kier alpha value is -1.89. The maximum Gasteiger partial charge on any atom is 0.325 e. The summed E-state index contributed by atoms with van der Waals surface area (Å²) in [6, 6.07) is 0.0506. The molecule has 3 amide bonds. The van der Waals surface area contributed by atoms with E-state index in [0.29, 0.717) is 19.1 Å². The molecule has 0 spiro atoms. The van der Waals surface area contributed by atoms with Crippen molar-refractivity contribution in [3.8, 4) is 0 Å². The van der Waals surface area contributed by atoms with E-state index in [-0.39, 0.29) is 11.9 Å². The van der Waals surface area contributed by atoms with Crippen LogP contribution in [0.4, 0.5) is 4.79 Å². The Morgan fingerprint density at radius 3 is 2.73 bits per heavy atom. The van der Waals surface area contributed by atoms with E-state index in [1.54, 1.807) is 13.8 Å². The van der Waals surface area contributed by atoms with E-state index >= 15 is 0 Å². The van der Waals surface area contributed by atoms with Gasteiger partial charge in [0.25, 0.3) is 5.91 Å². The normalized spacial score (nSPS) is 25.0. The first-order valence-corrected chi connectivity index (χ1v) is 7.75. The fourth-order valence-corrected chi connectivity index (χ4v) is 3.33. The van der Waals surface area contributed by atoms with E-state index in [9.17, 15) is 9.59 Å². The summed E-state index contributed by atoms with van der Waals surface area (Å²) < 4.78 is 1.81. The molecule has 0 aliphatic carbocycles. The lowest BCUT2D eigenvalue weighted by molar-refractivity contribution is -0.130. The fourth-order valence-electron chi connectivity index (χ4n) is 3.33. The summed E-state index contributed by atoms with van der Waals surface area (Å²) in [5.74, 6) is -0.144. The molecular formula is C15H23N5O2. The van der Waals surface area contributed by atoms with Crippen LogP contribution in [0.15, 0.2) is 12.4 Å². The number of likely N-dealkylation sites (tertiary alicyclic amines) is 1. The number of hydrogen-bond donors (Lipinski definition) is 1. The van der Waals surface area contributed by atoms with Crippen LogP contribution in [0.5, 0.6) is 0 Å². The number of aryl methyl sites for hydroxylation is 1. The van der Waals surface area contributed by atoms with Crippen molar-refractivity contribution in [2.45, 2.75) is 38.3 Å². The molecular weight excluding hydrogens is 282 g/mol. The second kappa shape index (κ2) is 5.39. The number of nitrogens with one attached hydrogen (secondary N) is 1. The van der Waals surface area contributed by atoms with Crippen LogP contribution in [0, 0.1) is 0 Å². The van der Waals surface area contributed by atoms with Crippen LogP contribution in [0.25, 0.3) is 0 Å². The van der Waals surface area contributed by atoms with Gasteiger partial charge in [-0.15, -0.1) is 0 Å². The minimum atomic E-state index is -0.787. The highest BCUT2D eigenvalue weighted by Gasteiger charge is 2.44. The second-order valence-electron chi connectivity index (χ2n) is 6.65. The molecule has 1 atom stereocenters. The second-order valence-corrected chi connectivity index (χ2v) is 6.65. The molecule has 3 heterocycles. The molecule has 2 aliphatic heterocycles. The highest BCUT2D eigenvalue weighted by Crippen LogP contribution is 2.31. The van der Waals surface area contributed by atoms with Crippen LogP contribution in [0.2, 0.25) is 0 Å². The number of aromatic nitrogens is 2. The average molecular weight is 305 g/mol. The first-order valence-electron chi connectivity index (χ1n) is 7.75. The van der Waals surface area contributed by atoms with Gasteiger partial charge in [0.2, 0.25) is 0 Å². The van der Waals surface area contributed by atoms with Crippen LogP contribution in [0.1, 0.15) is 38.3 Å². The standard InChI is InChI=1S/C15H23N5O2/c1-15(2)13(21)20(14(22)17-15)8-7-19-6-4-5-12(19)11-9-16-18(3)10-11/h9-10,12H,4-8H2,1-3H3,(H,17,22)/t12-/m1/s1. The topological polar surface area (TPSA) is 70.5 Å². The molecule has 0 bridgehead atoms. The molecule has 22 heavy (non-hydrogen) atoms. The summed E-state index contributed by atoms with van der Waals surface area (Å²) in [7, 11) is 1.91. The van der Waals surface area contributed by atoms with Crippen molar-refractivity contribution in [1.29, 1.82) is 0 Å². The number of carbonyl (C=O) groups is 2. The van der Waals surface area contributed by atoms with Crippen LogP contribution in [-0.2, 0) is 11.8 Å². The summed E-state index contributed by atoms with van der Waals surface area (Å²) in [5, 5.41) is 6.96. The molecule has 3 rings (SSSR count). The van der Waals surface area contributed by atoms with Crippen LogP contribution >= 0.6 is 0 Å². The SMILES string of the molecule is Cn1cc([C@H]2CCCN2CCN2C(=O)NC(C)(C)C2=O)cn1. The molecule has 1 aromatic heterocycles. The third-order valence-corrected chi connectivity index (χ3v) is 4.53. The first-order chi connectivity index (χ1) is 10.4. The maximum absolute atomic E-state index is 12.2. The largest absolute Gasteiger partial charge is 0.325 e. The molecule has 7 heteroatoms. The lowest BCUT2D eigenvalue weighted by Gasteiger charge is -2.25. The van der Waals surface area contributed by atoms with E-state index in [2.05, 4.69) is 15.3 Å². The zero-order chi connectivity index (χ0) is 15.9. The first kappa shape index (κ1) is 15.0. The molecule has 0 radical (unpaired) electrons. The number of amides is 3. The predicted octanol–water partition coefficient (Wildman–Crippen LogP) is 0.887. The molecule has 7 nitrogen and oxygen atoms in total. The predicted molar refractivity (Wildman–Crippen MR) is 81.1 cm³/mol. The summed E-state index contributed by atoms with van der Waals surface area (Å²) in [5.41, 5.74) is 0.419. The molecule has 1 aromatic rings. The average Bonchev–Trinajstić information content (AvgIpc) is 3.10. The summed E-state index contributed by atoms with van der Waals surface area (Å²) in [6.07, 6.45) is 6.17. The van der Waals surface area contributed by atoms with Gasteiger partial charge < -0.3 is 5.32 Å². The van der Waals surface area contributed by atoms with Crippen molar-refractivity contribution in [3.05, 3.63) is 18.0 Å². The highest BCUT2D eigenvalue weighted by molar-refractivity contribution is 6.06. The van der Waals surface area contributed by atoms with Gasteiger partial charge in [-0.1, -0.05) is 0 Å². The Kier molecular flexibility index (Phi) is 3.68. The fraction of sp³-hybridized carbons (Fsp3) is 0.667. The number of carbonyl (C=O) groups excluding carboxylic acids is 2. The van der Waals surface area contributed by atoms with E-state index < -0.39 is 5.54 Å². The summed E-state index contributed by atoms with van der Waals surface area (Å²) in [4.78, 5) is 27.8. The lowest BCUT2D eigenvalue weighted by Crippen LogP contribution is -2.41.